The number of aromatic amines is 1. The second kappa shape index (κ2) is 11.9. The van der Waals surface area contributed by atoms with E-state index in [-0.39, 0.29) is 41.3 Å². The molecule has 1 aromatic heterocycles. The molecule has 0 bridgehead atoms. The van der Waals surface area contributed by atoms with Gasteiger partial charge in [-0.3, -0.25) is 5.10 Å². The molecule has 1 aromatic rings. The summed E-state index contributed by atoms with van der Waals surface area (Å²) >= 11 is 1.79. The van der Waals surface area contributed by atoms with Crippen LogP contribution in [0.3, 0.4) is 0 Å². The first-order valence-corrected chi connectivity index (χ1v) is 10.8. The summed E-state index contributed by atoms with van der Waals surface area (Å²) in [5.41, 5.74) is -1.64. The molecule has 2 amide bonds. The Hall–Kier alpha value is -2.58. The minimum atomic E-state index is -0.867. The molecule has 1 heterocycles. The largest absolute Gasteiger partial charge is 0.460 e. The number of aromatic nitrogens is 2. The van der Waals surface area contributed by atoms with Gasteiger partial charge in [-0.25, -0.2) is 19.2 Å². The first-order valence-electron chi connectivity index (χ1n) is 9.71. The summed E-state index contributed by atoms with van der Waals surface area (Å²) in [5.74, 6) is -1.68. The van der Waals surface area contributed by atoms with Gasteiger partial charge < -0.3 is 29.6 Å². The second-order valence-corrected chi connectivity index (χ2v) is 9.47. The number of ether oxygens (including phenoxy) is 4. The number of H-pyrrole nitrogens is 1. The number of amides is 2. The average molecular weight is 568 g/mol. The highest BCUT2D eigenvalue weighted by Crippen LogP contribution is 2.16. The lowest BCUT2D eigenvalue weighted by Crippen LogP contribution is -2.34. The molecule has 0 aliphatic rings. The first-order chi connectivity index (χ1) is 14.7. The van der Waals surface area contributed by atoms with Gasteiger partial charge in [-0.1, -0.05) is 0 Å². The van der Waals surface area contributed by atoms with E-state index in [0.29, 0.717) is 0 Å². The molecule has 0 radical (unpaired) electrons. The smallest absolute Gasteiger partial charge is 0.407 e. The zero-order valence-electron chi connectivity index (χ0n) is 18.9. The number of hydrogen-bond donors (Lipinski definition) is 3. The molecule has 13 heteroatoms. The molecule has 0 spiro atoms. The van der Waals surface area contributed by atoms with Crippen molar-refractivity contribution in [3.05, 3.63) is 15.0 Å². The van der Waals surface area contributed by atoms with Gasteiger partial charge in [0.15, 0.2) is 5.69 Å². The van der Waals surface area contributed by atoms with Crippen molar-refractivity contribution in [2.45, 2.75) is 52.7 Å². The van der Waals surface area contributed by atoms with Crippen LogP contribution in [0.2, 0.25) is 0 Å². The van der Waals surface area contributed by atoms with Crippen LogP contribution in [-0.4, -0.2) is 71.8 Å². The maximum Gasteiger partial charge on any atom is 0.407 e. The van der Waals surface area contributed by atoms with Crippen LogP contribution in [0.25, 0.3) is 0 Å². The van der Waals surface area contributed by atoms with Gasteiger partial charge in [0.25, 0.3) is 0 Å². The van der Waals surface area contributed by atoms with Gasteiger partial charge in [0.05, 0.1) is 13.1 Å². The van der Waals surface area contributed by atoms with Crippen molar-refractivity contribution >= 4 is 46.7 Å². The molecule has 0 saturated heterocycles. The lowest BCUT2D eigenvalue weighted by molar-refractivity contribution is 0.0408. The summed E-state index contributed by atoms with van der Waals surface area (Å²) in [6, 6.07) is 0. The third-order valence-corrected chi connectivity index (χ3v) is 3.91. The zero-order valence-corrected chi connectivity index (χ0v) is 21.1. The number of carbonyl (C=O) groups is 4. The topological polar surface area (TPSA) is 158 Å². The van der Waals surface area contributed by atoms with E-state index in [9.17, 15) is 19.2 Å². The van der Waals surface area contributed by atoms with Crippen molar-refractivity contribution in [2.24, 2.45) is 0 Å². The Kier molecular flexibility index (Phi) is 10.2. The van der Waals surface area contributed by atoms with Crippen LogP contribution in [0.1, 0.15) is 62.4 Å². The number of nitrogens with zero attached hydrogens (tertiary/aromatic N) is 1. The fraction of sp³-hybridized carbons (Fsp3) is 0.632. The van der Waals surface area contributed by atoms with Crippen LogP contribution in [-0.2, 0) is 18.9 Å². The van der Waals surface area contributed by atoms with Crippen molar-refractivity contribution in [3.8, 4) is 0 Å². The molecule has 0 aromatic carbocycles. The normalized spacial score (nSPS) is 11.3. The molecule has 32 heavy (non-hydrogen) atoms. The fourth-order valence-corrected chi connectivity index (χ4v) is 2.61. The molecule has 180 valence electrons. The van der Waals surface area contributed by atoms with Gasteiger partial charge in [0.1, 0.15) is 33.7 Å². The zero-order chi connectivity index (χ0) is 24.5. The van der Waals surface area contributed by atoms with Crippen LogP contribution >= 0.6 is 22.6 Å². The summed E-state index contributed by atoms with van der Waals surface area (Å²) in [6.45, 7) is 10.1. The number of alkyl carbamates (subject to hydrolysis) is 2. The van der Waals surface area contributed by atoms with E-state index in [1.807, 2.05) is 0 Å². The minimum absolute atomic E-state index is 0.0122. The van der Waals surface area contributed by atoms with Gasteiger partial charge in [-0.15, -0.1) is 0 Å². The van der Waals surface area contributed by atoms with Crippen LogP contribution < -0.4 is 10.6 Å². The van der Waals surface area contributed by atoms with Crippen molar-refractivity contribution in [1.82, 2.24) is 20.8 Å². The molecule has 0 aliphatic carbocycles. The molecular formula is C19H29IN4O8. The van der Waals surface area contributed by atoms with Crippen molar-refractivity contribution in [2.75, 3.05) is 26.3 Å². The number of carbonyl (C=O) groups excluding carboxylic acids is 4. The van der Waals surface area contributed by atoms with Crippen LogP contribution in [0, 0.1) is 3.70 Å². The van der Waals surface area contributed by atoms with E-state index >= 15 is 0 Å². The minimum Gasteiger partial charge on any atom is -0.460 e. The van der Waals surface area contributed by atoms with Gasteiger partial charge in [0, 0.05) is 0 Å². The van der Waals surface area contributed by atoms with Crippen molar-refractivity contribution in [3.63, 3.8) is 0 Å². The summed E-state index contributed by atoms with van der Waals surface area (Å²) in [4.78, 5) is 47.8. The van der Waals surface area contributed by atoms with Crippen molar-refractivity contribution in [1.29, 1.82) is 0 Å². The third kappa shape index (κ3) is 10.6. The monoisotopic (exact) mass is 568 g/mol. The van der Waals surface area contributed by atoms with Crippen LogP contribution in [0.15, 0.2) is 0 Å². The van der Waals surface area contributed by atoms with E-state index < -0.39 is 35.3 Å². The quantitative estimate of drug-likeness (QED) is 0.185. The molecular weight excluding hydrogens is 539 g/mol. The fourth-order valence-electron chi connectivity index (χ4n) is 2.02. The van der Waals surface area contributed by atoms with E-state index in [1.54, 1.807) is 64.1 Å². The standard InChI is InChI=1S/C19H29IN4O8/c1-18(2,3)31-16(27)21-7-9-29-14(25)11-12(23-24-13(11)20)15(26)30-10-8-22-17(28)32-19(4,5)6/h7-10H2,1-6H3,(H,21,27)(H,22,28)(H,23,24). The molecule has 0 fully saturated rings. The number of hydrogen-bond acceptors (Lipinski definition) is 9. The summed E-state index contributed by atoms with van der Waals surface area (Å²) in [5, 5.41) is 11.2. The number of halogens is 1. The van der Waals surface area contributed by atoms with E-state index in [4.69, 9.17) is 18.9 Å². The second-order valence-electron chi connectivity index (χ2n) is 8.39. The van der Waals surface area contributed by atoms with Crippen molar-refractivity contribution < 1.29 is 38.1 Å². The highest BCUT2D eigenvalue weighted by molar-refractivity contribution is 14.1. The Balaban J connectivity index is 2.50. The molecule has 1 rings (SSSR count). The highest BCUT2D eigenvalue weighted by atomic mass is 127. The average Bonchev–Trinajstić information content (AvgIpc) is 3.01. The molecule has 0 aliphatic heterocycles. The molecule has 0 saturated carbocycles. The molecule has 3 N–H and O–H groups in total. The number of nitrogens with one attached hydrogen (secondary N) is 3. The van der Waals surface area contributed by atoms with Gasteiger partial charge in [0.2, 0.25) is 0 Å². The molecule has 0 unspecified atom stereocenters. The van der Waals surface area contributed by atoms with Crippen LogP contribution in [0.5, 0.6) is 0 Å². The van der Waals surface area contributed by atoms with E-state index in [2.05, 4.69) is 20.8 Å². The Morgan fingerprint density at radius 2 is 1.28 bits per heavy atom. The lowest BCUT2D eigenvalue weighted by atomic mass is 10.2. The maximum atomic E-state index is 12.4. The Labute approximate surface area is 199 Å². The Morgan fingerprint density at radius 3 is 1.72 bits per heavy atom. The summed E-state index contributed by atoms with van der Waals surface area (Å²) in [6.07, 6.45) is -1.29. The predicted octanol–water partition coefficient (Wildman–Crippen LogP) is 2.38. The molecule has 0 atom stereocenters. The maximum absolute atomic E-state index is 12.4. The SMILES string of the molecule is CC(C)(C)OC(=O)NCCOC(=O)c1n[nH]c(I)c1C(=O)OCCNC(=O)OC(C)(C)C. The number of rotatable bonds is 8. The number of esters is 2. The van der Waals surface area contributed by atoms with E-state index in [1.165, 1.54) is 0 Å². The molecule has 12 nitrogen and oxygen atoms in total. The first kappa shape index (κ1) is 27.5. The summed E-state index contributed by atoms with van der Waals surface area (Å²) < 4.78 is 20.5. The highest BCUT2D eigenvalue weighted by Gasteiger charge is 2.27. The van der Waals surface area contributed by atoms with E-state index in [0.717, 1.165) is 0 Å². The predicted molar refractivity (Wildman–Crippen MR) is 120 cm³/mol. The van der Waals surface area contributed by atoms with Gasteiger partial charge >= 0.3 is 24.1 Å². The Morgan fingerprint density at radius 1 is 0.844 bits per heavy atom. The van der Waals surface area contributed by atoms with Gasteiger partial charge in [-0.2, -0.15) is 5.10 Å². The Bertz CT molecular complexity index is 826. The third-order valence-electron chi connectivity index (χ3n) is 3.13. The lowest BCUT2D eigenvalue weighted by Gasteiger charge is -2.19. The van der Waals surface area contributed by atoms with Gasteiger partial charge in [-0.05, 0) is 64.1 Å². The summed E-state index contributed by atoms with van der Waals surface area (Å²) in [7, 11) is 0. The van der Waals surface area contributed by atoms with Crippen LogP contribution in [0.4, 0.5) is 9.59 Å².